The van der Waals surface area contributed by atoms with Gasteiger partial charge in [0.1, 0.15) is 0 Å². The van der Waals surface area contributed by atoms with E-state index in [1.54, 1.807) is 25.3 Å². The Labute approximate surface area is 133 Å². The van der Waals surface area contributed by atoms with E-state index in [4.69, 9.17) is 27.9 Å². The maximum Gasteiger partial charge on any atom is 0.252 e. The van der Waals surface area contributed by atoms with Crippen LogP contribution >= 0.6 is 23.2 Å². The Morgan fingerprint density at radius 3 is 2.52 bits per heavy atom. The van der Waals surface area contributed by atoms with Crippen molar-refractivity contribution in [1.82, 2.24) is 5.32 Å². The number of hydrogen-bond donors (Lipinski definition) is 1. The zero-order valence-electron chi connectivity index (χ0n) is 11.5. The quantitative estimate of drug-likeness (QED) is 0.899. The molecule has 0 heterocycles. The van der Waals surface area contributed by atoms with Gasteiger partial charge in [0, 0.05) is 13.7 Å². The number of amides is 1. The third kappa shape index (κ3) is 3.97. The number of benzene rings is 2. The van der Waals surface area contributed by atoms with Crippen LogP contribution < -0.4 is 5.32 Å². The summed E-state index contributed by atoms with van der Waals surface area (Å²) in [6, 6.07) is 14.7. The molecular formula is C16H15Cl2NO2. The number of halogens is 2. The van der Waals surface area contributed by atoms with Crippen molar-refractivity contribution < 1.29 is 9.53 Å². The van der Waals surface area contributed by atoms with Crippen LogP contribution in [0.25, 0.3) is 0 Å². The summed E-state index contributed by atoms with van der Waals surface area (Å²) in [6.07, 6.45) is -0.215. The Morgan fingerprint density at radius 1 is 1.14 bits per heavy atom. The predicted octanol–water partition coefficient (Wildman–Crippen LogP) is 4.11. The molecule has 0 radical (unpaired) electrons. The van der Waals surface area contributed by atoms with E-state index in [1.165, 1.54) is 0 Å². The normalized spacial score (nSPS) is 12.0. The van der Waals surface area contributed by atoms with Gasteiger partial charge < -0.3 is 10.1 Å². The highest BCUT2D eigenvalue weighted by atomic mass is 35.5. The molecular weight excluding hydrogens is 309 g/mol. The van der Waals surface area contributed by atoms with Crippen LogP contribution in [-0.2, 0) is 4.74 Å². The van der Waals surface area contributed by atoms with Gasteiger partial charge in [-0.3, -0.25) is 4.79 Å². The van der Waals surface area contributed by atoms with Gasteiger partial charge in [-0.25, -0.2) is 0 Å². The molecule has 0 aliphatic carbocycles. The van der Waals surface area contributed by atoms with Crippen LogP contribution in [0.3, 0.4) is 0 Å². The summed E-state index contributed by atoms with van der Waals surface area (Å²) >= 11 is 11.9. The second kappa shape index (κ2) is 7.46. The molecule has 0 bridgehead atoms. The van der Waals surface area contributed by atoms with Crippen molar-refractivity contribution in [3.05, 3.63) is 69.7 Å². The van der Waals surface area contributed by atoms with Crippen LogP contribution in [0.1, 0.15) is 22.0 Å². The van der Waals surface area contributed by atoms with E-state index >= 15 is 0 Å². The fourth-order valence-corrected chi connectivity index (χ4v) is 2.35. The van der Waals surface area contributed by atoms with Gasteiger partial charge in [-0.15, -0.1) is 0 Å². The van der Waals surface area contributed by atoms with Crippen LogP contribution in [0, 0.1) is 0 Å². The zero-order valence-corrected chi connectivity index (χ0v) is 13.0. The van der Waals surface area contributed by atoms with Gasteiger partial charge in [0.2, 0.25) is 0 Å². The summed E-state index contributed by atoms with van der Waals surface area (Å²) in [4.78, 5) is 12.2. The molecule has 1 atom stereocenters. The summed E-state index contributed by atoms with van der Waals surface area (Å²) in [5.74, 6) is -0.277. The van der Waals surface area contributed by atoms with Crippen LogP contribution in [-0.4, -0.2) is 19.6 Å². The van der Waals surface area contributed by atoms with Crippen molar-refractivity contribution in [2.24, 2.45) is 0 Å². The molecule has 0 aliphatic rings. The molecule has 2 aromatic rings. The van der Waals surface area contributed by atoms with Crippen molar-refractivity contribution in [2.45, 2.75) is 6.10 Å². The SMILES string of the molecule is COC(CNC(=O)c1cccc(Cl)c1Cl)c1ccccc1. The van der Waals surface area contributed by atoms with E-state index in [1.807, 2.05) is 30.3 Å². The van der Waals surface area contributed by atoms with E-state index in [0.29, 0.717) is 17.1 Å². The van der Waals surface area contributed by atoms with Gasteiger partial charge >= 0.3 is 0 Å². The number of nitrogens with one attached hydrogen (secondary N) is 1. The smallest absolute Gasteiger partial charge is 0.252 e. The lowest BCUT2D eigenvalue weighted by Crippen LogP contribution is -2.29. The molecule has 5 heteroatoms. The summed E-state index contributed by atoms with van der Waals surface area (Å²) in [5.41, 5.74) is 1.35. The number of hydrogen-bond acceptors (Lipinski definition) is 2. The lowest BCUT2D eigenvalue weighted by atomic mass is 10.1. The Kier molecular flexibility index (Phi) is 5.62. The lowest BCUT2D eigenvalue weighted by Gasteiger charge is -2.17. The third-order valence-electron chi connectivity index (χ3n) is 3.10. The summed E-state index contributed by atoms with van der Waals surface area (Å²) in [5, 5.41) is 3.42. The molecule has 3 nitrogen and oxygen atoms in total. The molecule has 110 valence electrons. The Hall–Kier alpha value is -1.55. The Morgan fingerprint density at radius 2 is 1.86 bits per heavy atom. The number of carbonyl (C=O) groups is 1. The average molecular weight is 324 g/mol. The van der Waals surface area contributed by atoms with Crippen LogP contribution in [0.15, 0.2) is 48.5 Å². The average Bonchev–Trinajstić information content (AvgIpc) is 2.51. The maximum absolute atomic E-state index is 12.2. The second-order valence-electron chi connectivity index (χ2n) is 4.45. The minimum absolute atomic E-state index is 0.215. The molecule has 0 saturated carbocycles. The van der Waals surface area contributed by atoms with E-state index in [0.717, 1.165) is 5.56 Å². The van der Waals surface area contributed by atoms with Gasteiger partial charge in [0.25, 0.3) is 5.91 Å². The Balaban J connectivity index is 2.05. The first-order valence-electron chi connectivity index (χ1n) is 6.43. The zero-order chi connectivity index (χ0) is 15.2. The number of carbonyl (C=O) groups excluding carboxylic acids is 1. The molecule has 1 amide bonds. The van der Waals surface area contributed by atoms with Crippen LogP contribution in [0.4, 0.5) is 0 Å². The van der Waals surface area contributed by atoms with Gasteiger partial charge in [0.05, 0.1) is 21.7 Å². The minimum atomic E-state index is -0.277. The summed E-state index contributed by atoms with van der Waals surface area (Å²) < 4.78 is 5.40. The van der Waals surface area contributed by atoms with Gasteiger partial charge in [-0.1, -0.05) is 59.6 Å². The van der Waals surface area contributed by atoms with Crippen molar-refractivity contribution in [2.75, 3.05) is 13.7 Å². The fourth-order valence-electron chi connectivity index (χ4n) is 1.96. The molecule has 1 unspecified atom stereocenters. The first kappa shape index (κ1) is 15.8. The highest BCUT2D eigenvalue weighted by Gasteiger charge is 2.15. The number of ether oxygens (including phenoxy) is 1. The van der Waals surface area contributed by atoms with Crippen LogP contribution in [0.5, 0.6) is 0 Å². The van der Waals surface area contributed by atoms with Gasteiger partial charge in [-0.05, 0) is 17.7 Å². The highest BCUT2D eigenvalue weighted by Crippen LogP contribution is 2.25. The number of methoxy groups -OCH3 is 1. The monoisotopic (exact) mass is 323 g/mol. The highest BCUT2D eigenvalue weighted by molar-refractivity contribution is 6.43. The molecule has 21 heavy (non-hydrogen) atoms. The lowest BCUT2D eigenvalue weighted by molar-refractivity contribution is 0.0828. The molecule has 0 saturated heterocycles. The third-order valence-corrected chi connectivity index (χ3v) is 3.92. The second-order valence-corrected chi connectivity index (χ2v) is 5.23. The van der Waals surface area contributed by atoms with Crippen molar-refractivity contribution in [3.63, 3.8) is 0 Å². The van der Waals surface area contributed by atoms with Crippen LogP contribution in [0.2, 0.25) is 10.0 Å². The fraction of sp³-hybridized carbons (Fsp3) is 0.188. The topological polar surface area (TPSA) is 38.3 Å². The molecule has 0 aliphatic heterocycles. The number of rotatable bonds is 5. The van der Waals surface area contributed by atoms with Crippen molar-refractivity contribution >= 4 is 29.1 Å². The molecule has 2 rings (SSSR count). The first-order chi connectivity index (χ1) is 10.1. The van der Waals surface area contributed by atoms with E-state index in [9.17, 15) is 4.79 Å². The maximum atomic E-state index is 12.2. The van der Waals surface area contributed by atoms with Crippen molar-refractivity contribution in [1.29, 1.82) is 0 Å². The first-order valence-corrected chi connectivity index (χ1v) is 7.19. The predicted molar refractivity (Wildman–Crippen MR) is 85.0 cm³/mol. The van der Waals surface area contributed by atoms with E-state index in [2.05, 4.69) is 5.32 Å². The molecule has 0 spiro atoms. The van der Waals surface area contributed by atoms with Gasteiger partial charge in [0.15, 0.2) is 0 Å². The molecule has 2 aromatic carbocycles. The standard InChI is InChI=1S/C16H15Cl2NO2/c1-21-14(11-6-3-2-4-7-11)10-19-16(20)12-8-5-9-13(17)15(12)18/h2-9,14H,10H2,1H3,(H,19,20). The van der Waals surface area contributed by atoms with Gasteiger partial charge in [-0.2, -0.15) is 0 Å². The van der Waals surface area contributed by atoms with Crippen molar-refractivity contribution in [3.8, 4) is 0 Å². The molecule has 0 fully saturated rings. The van der Waals surface area contributed by atoms with E-state index in [-0.39, 0.29) is 17.0 Å². The molecule has 1 N–H and O–H groups in total. The summed E-state index contributed by atoms with van der Waals surface area (Å²) in [6.45, 7) is 0.349. The molecule has 0 aromatic heterocycles. The Bertz CT molecular complexity index is 617. The largest absolute Gasteiger partial charge is 0.375 e. The van der Waals surface area contributed by atoms with E-state index < -0.39 is 0 Å². The summed E-state index contributed by atoms with van der Waals surface area (Å²) in [7, 11) is 1.61. The minimum Gasteiger partial charge on any atom is -0.375 e.